The second kappa shape index (κ2) is 17.0. The molecule has 0 heteroatoms. The molecule has 0 aliphatic heterocycles. The molecular weight excluding hydrogens is 673 g/mol. The van der Waals surface area contributed by atoms with Crippen molar-refractivity contribution in [2.45, 2.75) is 13.8 Å². The van der Waals surface area contributed by atoms with Crippen molar-refractivity contribution in [3.05, 3.63) is 261 Å². The average molecular weight is 717 g/mol. The molecule has 8 aromatic rings. The minimum atomic E-state index is 1.16. The van der Waals surface area contributed by atoms with Crippen LogP contribution in [-0.2, 0) is 0 Å². The standard InChI is InChI=1S/C56H44/c1-41-15-9-12-22-51(41)55(47-17-5-3-6-18-47)39-45-29-25-43(26-30-45)33-35-50-37-36-49-21-11-14-24-53(49)54(50)38-34-44-27-31-46(32-28-44)40-56(48-19-7-4-8-20-48)52-23-13-10-16-42(52)2/h3-40H,1-2H3/b35-33-,38-34-,55-39+,56-40+. The Kier molecular flexibility index (Phi) is 10.9. The van der Waals surface area contributed by atoms with Gasteiger partial charge in [0.15, 0.2) is 0 Å². The Morgan fingerprint density at radius 3 is 1.29 bits per heavy atom. The maximum atomic E-state index is 2.30. The van der Waals surface area contributed by atoms with Gasteiger partial charge in [0.1, 0.15) is 0 Å². The first-order valence-corrected chi connectivity index (χ1v) is 19.3. The lowest BCUT2D eigenvalue weighted by Crippen LogP contribution is -1.91. The van der Waals surface area contributed by atoms with E-state index in [1.165, 1.54) is 77.6 Å². The molecule has 0 amide bonds. The molecule has 8 rings (SSSR count). The fraction of sp³-hybridized carbons (Fsp3) is 0.0357. The second-order valence-electron chi connectivity index (χ2n) is 14.3. The van der Waals surface area contributed by atoms with Gasteiger partial charge in [0.25, 0.3) is 0 Å². The van der Waals surface area contributed by atoms with Crippen molar-refractivity contribution in [1.82, 2.24) is 0 Å². The smallest absolute Gasteiger partial charge is 0.0103 e. The van der Waals surface area contributed by atoms with Crippen LogP contribution < -0.4 is 0 Å². The summed E-state index contributed by atoms with van der Waals surface area (Å²) in [5, 5.41) is 2.47. The van der Waals surface area contributed by atoms with Gasteiger partial charge in [0, 0.05) is 0 Å². The fourth-order valence-electron chi connectivity index (χ4n) is 7.37. The van der Waals surface area contributed by atoms with Crippen molar-refractivity contribution in [3.63, 3.8) is 0 Å². The molecule has 0 nitrogen and oxygen atoms in total. The largest absolute Gasteiger partial charge is 0.0622 e. The van der Waals surface area contributed by atoms with Crippen LogP contribution in [0.5, 0.6) is 0 Å². The average Bonchev–Trinajstić information content (AvgIpc) is 3.25. The first kappa shape index (κ1) is 36.0. The summed E-state index contributed by atoms with van der Waals surface area (Å²) in [7, 11) is 0. The van der Waals surface area contributed by atoms with Gasteiger partial charge in [-0.3, -0.25) is 0 Å². The highest BCUT2D eigenvalue weighted by atomic mass is 14.1. The molecule has 0 heterocycles. The first-order valence-electron chi connectivity index (χ1n) is 19.3. The van der Waals surface area contributed by atoms with Gasteiger partial charge in [-0.25, -0.2) is 0 Å². The molecule has 0 atom stereocenters. The minimum Gasteiger partial charge on any atom is -0.0622 e. The van der Waals surface area contributed by atoms with Crippen LogP contribution in [0.15, 0.2) is 194 Å². The maximum Gasteiger partial charge on any atom is -0.0103 e. The molecule has 0 radical (unpaired) electrons. The van der Waals surface area contributed by atoms with Crippen molar-refractivity contribution in [1.29, 1.82) is 0 Å². The van der Waals surface area contributed by atoms with E-state index in [1.807, 2.05) is 0 Å². The number of hydrogen-bond donors (Lipinski definition) is 0. The molecule has 0 bridgehead atoms. The third-order valence-electron chi connectivity index (χ3n) is 10.4. The van der Waals surface area contributed by atoms with Crippen LogP contribution in [0.3, 0.4) is 0 Å². The summed E-state index contributed by atoms with van der Waals surface area (Å²) in [6.07, 6.45) is 13.5. The Labute approximate surface area is 331 Å². The summed E-state index contributed by atoms with van der Waals surface area (Å²) >= 11 is 0. The quantitative estimate of drug-likeness (QED) is 0.124. The van der Waals surface area contributed by atoms with Crippen LogP contribution in [0.25, 0.3) is 58.4 Å². The third-order valence-corrected chi connectivity index (χ3v) is 10.4. The van der Waals surface area contributed by atoms with Crippen molar-refractivity contribution in [2.24, 2.45) is 0 Å². The van der Waals surface area contributed by atoms with E-state index in [-0.39, 0.29) is 0 Å². The van der Waals surface area contributed by atoms with Gasteiger partial charge in [-0.1, -0.05) is 218 Å². The number of benzene rings is 8. The molecule has 268 valence electrons. The summed E-state index contributed by atoms with van der Waals surface area (Å²) in [4.78, 5) is 0. The number of fused-ring (bicyclic) bond motifs is 1. The number of hydrogen-bond acceptors (Lipinski definition) is 0. The summed E-state index contributed by atoms with van der Waals surface area (Å²) in [6.45, 7) is 4.36. The molecule has 0 saturated carbocycles. The highest BCUT2D eigenvalue weighted by Gasteiger charge is 2.10. The van der Waals surface area contributed by atoms with E-state index < -0.39 is 0 Å². The van der Waals surface area contributed by atoms with Crippen LogP contribution in [0.4, 0.5) is 0 Å². The second-order valence-corrected chi connectivity index (χ2v) is 14.3. The Bertz CT molecular complexity index is 2700. The topological polar surface area (TPSA) is 0 Å². The maximum absolute atomic E-state index is 2.30. The van der Waals surface area contributed by atoms with E-state index in [0.29, 0.717) is 0 Å². The highest BCUT2D eigenvalue weighted by Crippen LogP contribution is 2.31. The third kappa shape index (κ3) is 8.36. The molecule has 0 aliphatic rings. The van der Waals surface area contributed by atoms with E-state index in [9.17, 15) is 0 Å². The fourth-order valence-corrected chi connectivity index (χ4v) is 7.37. The lowest BCUT2D eigenvalue weighted by molar-refractivity contribution is 1.42. The van der Waals surface area contributed by atoms with Gasteiger partial charge in [-0.15, -0.1) is 0 Å². The Morgan fingerprint density at radius 2 is 0.768 bits per heavy atom. The highest BCUT2D eigenvalue weighted by molar-refractivity contribution is 5.98. The molecule has 0 spiro atoms. The molecule has 0 aliphatic carbocycles. The lowest BCUT2D eigenvalue weighted by Gasteiger charge is -2.12. The summed E-state index contributed by atoms with van der Waals surface area (Å²) < 4.78 is 0. The minimum absolute atomic E-state index is 1.16. The molecule has 0 saturated heterocycles. The monoisotopic (exact) mass is 716 g/mol. The Balaban J connectivity index is 1.07. The molecule has 0 N–H and O–H groups in total. The molecule has 56 heavy (non-hydrogen) atoms. The van der Waals surface area contributed by atoms with Crippen molar-refractivity contribution < 1.29 is 0 Å². The summed E-state index contributed by atoms with van der Waals surface area (Å²) in [5.41, 5.74) is 17.0. The van der Waals surface area contributed by atoms with Gasteiger partial charge in [0.2, 0.25) is 0 Å². The zero-order chi connectivity index (χ0) is 38.1. The predicted molar refractivity (Wildman–Crippen MR) is 244 cm³/mol. The lowest BCUT2D eigenvalue weighted by atomic mass is 9.92. The van der Waals surface area contributed by atoms with Crippen LogP contribution >= 0.6 is 0 Å². The van der Waals surface area contributed by atoms with Gasteiger partial charge in [-0.05, 0) is 115 Å². The molecule has 0 aromatic heterocycles. The van der Waals surface area contributed by atoms with Crippen molar-refractivity contribution >= 4 is 58.4 Å². The van der Waals surface area contributed by atoms with E-state index in [4.69, 9.17) is 0 Å². The number of rotatable bonds is 10. The molecule has 0 fully saturated rings. The van der Waals surface area contributed by atoms with E-state index in [2.05, 4.69) is 244 Å². The van der Waals surface area contributed by atoms with Crippen LogP contribution in [0.2, 0.25) is 0 Å². The number of aryl methyl sites for hydroxylation is 2. The van der Waals surface area contributed by atoms with Crippen molar-refractivity contribution in [2.75, 3.05) is 0 Å². The van der Waals surface area contributed by atoms with Crippen LogP contribution in [0.1, 0.15) is 66.8 Å². The Morgan fingerprint density at radius 1 is 0.339 bits per heavy atom. The van der Waals surface area contributed by atoms with Crippen LogP contribution in [0, 0.1) is 13.8 Å². The predicted octanol–water partition coefficient (Wildman–Crippen LogP) is 15.0. The van der Waals surface area contributed by atoms with Gasteiger partial charge in [-0.2, -0.15) is 0 Å². The van der Waals surface area contributed by atoms with E-state index in [0.717, 1.165) is 11.1 Å². The van der Waals surface area contributed by atoms with Gasteiger partial charge in [0.05, 0.1) is 0 Å². The zero-order valence-electron chi connectivity index (χ0n) is 31.9. The van der Waals surface area contributed by atoms with Gasteiger partial charge >= 0.3 is 0 Å². The summed E-state index contributed by atoms with van der Waals surface area (Å²) in [5.74, 6) is 0. The van der Waals surface area contributed by atoms with Crippen LogP contribution in [-0.4, -0.2) is 0 Å². The molecular formula is C56H44. The van der Waals surface area contributed by atoms with Gasteiger partial charge < -0.3 is 0 Å². The first-order chi connectivity index (χ1) is 27.6. The molecule has 0 unspecified atom stereocenters. The SMILES string of the molecule is Cc1ccccc1/C(=C/c1ccc(/C=C\c2ccc3ccccc3c2/C=C\c2ccc(/C=C(\c3ccccc3)c3ccccc3C)cc2)cc1)c1ccccc1. The van der Waals surface area contributed by atoms with E-state index >= 15 is 0 Å². The molecule has 8 aromatic carbocycles. The van der Waals surface area contributed by atoms with E-state index in [1.54, 1.807) is 0 Å². The van der Waals surface area contributed by atoms with Crippen molar-refractivity contribution in [3.8, 4) is 0 Å². The normalized spacial score (nSPS) is 12.2. The Hall–Kier alpha value is -7.02. The zero-order valence-corrected chi connectivity index (χ0v) is 31.9. The summed E-state index contributed by atoms with van der Waals surface area (Å²) in [6, 6.07) is 69.3.